The molecule has 1 aliphatic heterocycles. The lowest BCUT2D eigenvalue weighted by molar-refractivity contribution is -0.157. The molecule has 0 amide bonds. The van der Waals surface area contributed by atoms with E-state index in [2.05, 4.69) is 4.99 Å². The van der Waals surface area contributed by atoms with Crippen LogP contribution in [0.25, 0.3) is 0 Å². The Balaban J connectivity index is 0.000000276. The Hall–Kier alpha value is -1.24. The first-order valence-corrected chi connectivity index (χ1v) is 7.50. The highest BCUT2D eigenvalue weighted by atomic mass is 32.2. The van der Waals surface area contributed by atoms with E-state index in [0.29, 0.717) is 12.8 Å². The number of amidine groups is 1. The van der Waals surface area contributed by atoms with Gasteiger partial charge in [-0.2, -0.15) is 0 Å². The molecule has 0 aromatic rings. The van der Waals surface area contributed by atoms with Gasteiger partial charge in [0.15, 0.2) is 5.17 Å². The summed E-state index contributed by atoms with van der Waals surface area (Å²) in [6.07, 6.45) is 0.886. The van der Waals surface area contributed by atoms with Crippen molar-refractivity contribution in [1.82, 2.24) is 0 Å². The molecule has 1 aliphatic carbocycles. The van der Waals surface area contributed by atoms with Gasteiger partial charge in [0.2, 0.25) is 0 Å². The Morgan fingerprint density at radius 1 is 1.35 bits per heavy atom. The van der Waals surface area contributed by atoms with Gasteiger partial charge >= 0.3 is 11.9 Å². The van der Waals surface area contributed by atoms with Gasteiger partial charge in [0.1, 0.15) is 0 Å². The van der Waals surface area contributed by atoms with Crippen molar-refractivity contribution in [2.45, 2.75) is 33.6 Å². The van der Waals surface area contributed by atoms with Gasteiger partial charge in [0.05, 0.1) is 17.9 Å². The molecule has 0 aromatic carbocycles. The van der Waals surface area contributed by atoms with Crippen molar-refractivity contribution in [1.29, 1.82) is 0 Å². The number of rotatable bonds is 2. The van der Waals surface area contributed by atoms with Gasteiger partial charge in [-0.05, 0) is 25.2 Å². The minimum atomic E-state index is -0.921. The Morgan fingerprint density at radius 2 is 1.95 bits per heavy atom. The number of aliphatic carboxylic acids is 2. The second-order valence-corrected chi connectivity index (χ2v) is 6.97. The van der Waals surface area contributed by atoms with E-state index in [4.69, 9.17) is 15.9 Å². The predicted molar refractivity (Wildman–Crippen MR) is 78.8 cm³/mol. The normalized spacial score (nSPS) is 31.1. The Bertz CT molecular complexity index is 436. The van der Waals surface area contributed by atoms with Gasteiger partial charge in [-0.15, -0.1) is 0 Å². The van der Waals surface area contributed by atoms with E-state index >= 15 is 0 Å². The Labute approximate surface area is 122 Å². The lowest BCUT2D eigenvalue weighted by atomic mass is 9.66. The van der Waals surface area contributed by atoms with E-state index in [1.54, 1.807) is 32.5 Å². The Kier molecular flexibility index (Phi) is 5.07. The number of nitrogens with two attached hydrogens (primary N) is 1. The monoisotopic (exact) mass is 302 g/mol. The van der Waals surface area contributed by atoms with Crippen molar-refractivity contribution in [2.75, 3.05) is 12.3 Å². The van der Waals surface area contributed by atoms with Crippen molar-refractivity contribution in [3.05, 3.63) is 0 Å². The fourth-order valence-corrected chi connectivity index (χ4v) is 3.24. The molecule has 2 unspecified atom stereocenters. The topological polar surface area (TPSA) is 113 Å². The van der Waals surface area contributed by atoms with E-state index in [0.717, 1.165) is 17.5 Å². The fourth-order valence-electron chi connectivity index (χ4n) is 2.67. The predicted octanol–water partition coefficient (Wildman–Crippen LogP) is 1.65. The van der Waals surface area contributed by atoms with E-state index in [9.17, 15) is 9.59 Å². The molecule has 0 saturated heterocycles. The van der Waals surface area contributed by atoms with Crippen molar-refractivity contribution in [3.63, 3.8) is 0 Å². The van der Waals surface area contributed by atoms with Gasteiger partial charge < -0.3 is 15.9 Å². The van der Waals surface area contributed by atoms with Gasteiger partial charge in [0.25, 0.3) is 0 Å². The van der Waals surface area contributed by atoms with Crippen molar-refractivity contribution in [3.8, 4) is 0 Å². The van der Waals surface area contributed by atoms with Crippen LogP contribution in [-0.2, 0) is 9.59 Å². The van der Waals surface area contributed by atoms with Crippen LogP contribution in [0.5, 0.6) is 0 Å². The standard InChI is InChI=1S/C10H16O4.C3H6N2S/c1-9(2)6(7(11)12)4-5-10(9,3)8(13)14;4-3-5-1-2-6-3/h6H,4-5H2,1-3H3,(H,11,12)(H,13,14);1-2H2,(H2,4,5). The quantitative estimate of drug-likeness (QED) is 0.714. The third kappa shape index (κ3) is 3.08. The van der Waals surface area contributed by atoms with Gasteiger partial charge in [-0.25, -0.2) is 0 Å². The molecule has 2 atom stereocenters. The number of aliphatic imine (C=N–C) groups is 1. The van der Waals surface area contributed by atoms with Crippen molar-refractivity contribution in [2.24, 2.45) is 27.5 Å². The van der Waals surface area contributed by atoms with Gasteiger partial charge in [-0.3, -0.25) is 14.6 Å². The average molecular weight is 302 g/mol. The molecule has 2 aliphatic rings. The minimum Gasteiger partial charge on any atom is -0.481 e. The first-order chi connectivity index (χ1) is 9.13. The summed E-state index contributed by atoms with van der Waals surface area (Å²) in [5, 5.41) is 18.8. The Morgan fingerprint density at radius 3 is 2.15 bits per heavy atom. The first-order valence-electron chi connectivity index (χ1n) is 6.52. The van der Waals surface area contributed by atoms with Crippen molar-refractivity contribution >= 4 is 28.9 Å². The van der Waals surface area contributed by atoms with Crippen LogP contribution in [-0.4, -0.2) is 39.6 Å². The molecule has 20 heavy (non-hydrogen) atoms. The zero-order valence-corrected chi connectivity index (χ0v) is 12.9. The average Bonchev–Trinajstić information content (AvgIpc) is 2.87. The summed E-state index contributed by atoms with van der Waals surface area (Å²) in [5.74, 6) is -1.26. The molecule has 2 rings (SSSR count). The van der Waals surface area contributed by atoms with E-state index in [-0.39, 0.29) is 0 Å². The number of carboxylic acid groups (broad SMARTS) is 2. The third-order valence-electron chi connectivity index (χ3n) is 4.61. The third-order valence-corrected chi connectivity index (χ3v) is 5.42. The maximum absolute atomic E-state index is 11.1. The molecule has 114 valence electrons. The van der Waals surface area contributed by atoms with Crippen LogP contribution in [0, 0.1) is 16.7 Å². The maximum Gasteiger partial charge on any atom is 0.309 e. The lowest BCUT2D eigenvalue weighted by Gasteiger charge is -2.36. The number of thioether (sulfide) groups is 1. The largest absolute Gasteiger partial charge is 0.481 e. The summed E-state index contributed by atoms with van der Waals surface area (Å²) in [6.45, 7) is 6.01. The summed E-state index contributed by atoms with van der Waals surface area (Å²) in [4.78, 5) is 25.9. The molecule has 6 nitrogen and oxygen atoms in total. The van der Waals surface area contributed by atoms with Crippen LogP contribution in [0.4, 0.5) is 0 Å². The second kappa shape index (κ2) is 6.03. The first kappa shape index (κ1) is 16.8. The molecular weight excluding hydrogens is 280 g/mol. The second-order valence-electron chi connectivity index (χ2n) is 5.86. The number of hydrogen-bond donors (Lipinski definition) is 3. The smallest absolute Gasteiger partial charge is 0.309 e. The maximum atomic E-state index is 11.1. The number of hydrogen-bond acceptors (Lipinski definition) is 5. The molecule has 0 spiro atoms. The molecule has 1 fully saturated rings. The van der Waals surface area contributed by atoms with E-state index < -0.39 is 28.7 Å². The summed E-state index contributed by atoms with van der Waals surface area (Å²) in [7, 11) is 0. The zero-order valence-electron chi connectivity index (χ0n) is 12.0. The van der Waals surface area contributed by atoms with Crippen LogP contribution in [0.2, 0.25) is 0 Å². The molecule has 1 saturated carbocycles. The number of carbonyl (C=O) groups is 2. The highest BCUT2D eigenvalue weighted by molar-refractivity contribution is 8.14. The van der Waals surface area contributed by atoms with Crippen LogP contribution >= 0.6 is 11.8 Å². The fraction of sp³-hybridized carbons (Fsp3) is 0.769. The zero-order chi connectivity index (χ0) is 15.6. The lowest BCUT2D eigenvalue weighted by Crippen LogP contribution is -2.42. The van der Waals surface area contributed by atoms with Crippen LogP contribution < -0.4 is 5.73 Å². The van der Waals surface area contributed by atoms with Crippen molar-refractivity contribution < 1.29 is 19.8 Å². The van der Waals surface area contributed by atoms with Crippen LogP contribution in [0.15, 0.2) is 4.99 Å². The summed E-state index contributed by atoms with van der Waals surface area (Å²) < 4.78 is 0. The summed E-state index contributed by atoms with van der Waals surface area (Å²) in [6, 6.07) is 0. The SMILES string of the molecule is CC1(C(=O)O)CCC(C(=O)O)C1(C)C.NC1=NCCS1. The molecule has 0 bridgehead atoms. The number of nitrogens with zero attached hydrogens (tertiary/aromatic N) is 1. The number of carboxylic acids is 2. The molecule has 0 radical (unpaired) electrons. The van der Waals surface area contributed by atoms with Gasteiger partial charge in [-0.1, -0.05) is 25.6 Å². The van der Waals surface area contributed by atoms with Crippen LogP contribution in [0.3, 0.4) is 0 Å². The molecular formula is C13H22N2O4S. The van der Waals surface area contributed by atoms with E-state index in [1.165, 1.54) is 0 Å². The molecule has 0 aromatic heterocycles. The highest BCUT2D eigenvalue weighted by Gasteiger charge is 2.58. The summed E-state index contributed by atoms with van der Waals surface area (Å²) >= 11 is 1.62. The van der Waals surface area contributed by atoms with E-state index in [1.807, 2.05) is 0 Å². The van der Waals surface area contributed by atoms with Crippen LogP contribution in [0.1, 0.15) is 33.6 Å². The molecule has 4 N–H and O–H groups in total. The molecule has 1 heterocycles. The van der Waals surface area contributed by atoms with Gasteiger partial charge in [0, 0.05) is 5.75 Å². The highest BCUT2D eigenvalue weighted by Crippen LogP contribution is 2.56. The summed E-state index contributed by atoms with van der Waals surface area (Å²) in [5.41, 5.74) is 3.64. The minimum absolute atomic E-state index is 0.437. The molecule has 7 heteroatoms.